The Hall–Kier alpha value is -1.89. The lowest BCUT2D eigenvalue weighted by Gasteiger charge is -2.08. The van der Waals surface area contributed by atoms with Crippen LogP contribution in [0.15, 0.2) is 24.3 Å². The summed E-state index contributed by atoms with van der Waals surface area (Å²) in [5.74, 6) is 4.71. The van der Waals surface area contributed by atoms with Crippen molar-refractivity contribution in [2.75, 3.05) is 0 Å². The van der Waals surface area contributed by atoms with Gasteiger partial charge in [0.15, 0.2) is 5.78 Å². The number of hydrogen-bond donors (Lipinski definition) is 0. The molecule has 0 aliphatic rings. The van der Waals surface area contributed by atoms with Gasteiger partial charge in [-0.15, -0.1) is 5.92 Å². The minimum atomic E-state index is -2.94. The maximum absolute atomic E-state index is 12.1. The van der Waals surface area contributed by atoms with Crippen molar-refractivity contribution in [1.29, 1.82) is 0 Å². The quantitative estimate of drug-likeness (QED) is 0.580. The number of para-hydroxylation sites is 1. The first-order chi connectivity index (χ1) is 7.65. The van der Waals surface area contributed by atoms with E-state index in [-0.39, 0.29) is 23.5 Å². The van der Waals surface area contributed by atoms with Gasteiger partial charge in [-0.05, 0) is 19.1 Å². The van der Waals surface area contributed by atoms with Crippen LogP contribution in [0.2, 0.25) is 0 Å². The predicted molar refractivity (Wildman–Crippen MR) is 55.5 cm³/mol. The van der Waals surface area contributed by atoms with E-state index >= 15 is 0 Å². The minimum Gasteiger partial charge on any atom is -0.434 e. The van der Waals surface area contributed by atoms with Crippen molar-refractivity contribution in [3.63, 3.8) is 0 Å². The summed E-state index contributed by atoms with van der Waals surface area (Å²) in [4.78, 5) is 11.6. The van der Waals surface area contributed by atoms with Gasteiger partial charge >= 0.3 is 6.61 Å². The van der Waals surface area contributed by atoms with Crippen molar-refractivity contribution in [2.24, 2.45) is 0 Å². The fourth-order valence-electron chi connectivity index (χ4n) is 1.16. The Balaban J connectivity index is 2.92. The van der Waals surface area contributed by atoms with E-state index in [9.17, 15) is 13.6 Å². The van der Waals surface area contributed by atoms with Gasteiger partial charge in [-0.2, -0.15) is 8.78 Å². The van der Waals surface area contributed by atoms with Crippen LogP contribution in [0.25, 0.3) is 0 Å². The number of benzene rings is 1. The summed E-state index contributed by atoms with van der Waals surface area (Å²) in [6.45, 7) is -1.33. The number of ether oxygens (including phenoxy) is 1. The molecular weight excluding hydrogens is 214 g/mol. The number of carbonyl (C=O) groups is 1. The summed E-state index contributed by atoms with van der Waals surface area (Å²) in [6.07, 6.45) is 0.000111. The molecule has 0 unspecified atom stereocenters. The molecule has 0 saturated heterocycles. The molecule has 0 aromatic heterocycles. The van der Waals surface area contributed by atoms with Crippen molar-refractivity contribution in [2.45, 2.75) is 20.0 Å². The van der Waals surface area contributed by atoms with Crippen molar-refractivity contribution < 1.29 is 18.3 Å². The van der Waals surface area contributed by atoms with Gasteiger partial charge in [-0.1, -0.05) is 18.1 Å². The van der Waals surface area contributed by atoms with Crippen molar-refractivity contribution in [1.82, 2.24) is 0 Å². The Labute approximate surface area is 92.2 Å². The predicted octanol–water partition coefficient (Wildman–Crippen LogP) is 2.88. The summed E-state index contributed by atoms with van der Waals surface area (Å²) in [6, 6.07) is 5.89. The third-order valence-electron chi connectivity index (χ3n) is 1.83. The molecule has 1 rings (SSSR count). The van der Waals surface area contributed by atoms with E-state index in [2.05, 4.69) is 16.6 Å². The lowest BCUT2D eigenvalue weighted by molar-refractivity contribution is -0.0501. The molecule has 0 amide bonds. The average molecular weight is 224 g/mol. The van der Waals surface area contributed by atoms with Crippen LogP contribution < -0.4 is 4.74 Å². The highest BCUT2D eigenvalue weighted by atomic mass is 19.3. The molecule has 0 radical (unpaired) electrons. The number of rotatable bonds is 4. The number of halogens is 2. The monoisotopic (exact) mass is 224 g/mol. The molecular formula is C12H10F2O2. The van der Waals surface area contributed by atoms with Gasteiger partial charge in [0.1, 0.15) is 5.75 Å². The Bertz CT molecular complexity index is 430. The number of Topliss-reactive ketones (excluding diaryl/α,β-unsaturated/α-hetero) is 1. The summed E-state index contributed by atoms with van der Waals surface area (Å²) in [5, 5.41) is 0. The van der Waals surface area contributed by atoms with Gasteiger partial charge in [-0.3, -0.25) is 4.79 Å². The fraction of sp³-hybridized carbons (Fsp3) is 0.250. The number of carbonyl (C=O) groups excluding carboxylic acids is 1. The standard InChI is InChI=1S/C12H10F2O2/c1-2-3-7-10(15)9-6-4-5-8-11(9)16-12(13)14/h4-6,8,12H,7H2,1H3. The average Bonchev–Trinajstić information content (AvgIpc) is 2.26. The van der Waals surface area contributed by atoms with Crippen LogP contribution in [0.4, 0.5) is 8.78 Å². The highest BCUT2D eigenvalue weighted by Crippen LogP contribution is 2.21. The SMILES string of the molecule is CC#CCC(=O)c1ccccc1OC(F)F. The zero-order valence-corrected chi connectivity index (χ0v) is 8.67. The molecule has 0 saturated carbocycles. The summed E-state index contributed by atoms with van der Waals surface area (Å²) in [7, 11) is 0. The maximum atomic E-state index is 12.1. The zero-order valence-electron chi connectivity index (χ0n) is 8.67. The van der Waals surface area contributed by atoms with Gasteiger partial charge in [-0.25, -0.2) is 0 Å². The van der Waals surface area contributed by atoms with Crippen LogP contribution in [0.3, 0.4) is 0 Å². The number of hydrogen-bond acceptors (Lipinski definition) is 2. The summed E-state index contributed by atoms with van der Waals surface area (Å²) < 4.78 is 28.4. The molecule has 0 aliphatic heterocycles. The van der Waals surface area contributed by atoms with Crippen molar-refractivity contribution in [3.8, 4) is 17.6 Å². The van der Waals surface area contributed by atoms with E-state index in [0.29, 0.717) is 0 Å². The molecule has 1 aromatic rings. The second-order valence-electron chi connectivity index (χ2n) is 2.90. The Kier molecular flexibility index (Phi) is 4.46. The van der Waals surface area contributed by atoms with Crippen LogP contribution in [-0.4, -0.2) is 12.4 Å². The summed E-state index contributed by atoms with van der Waals surface area (Å²) >= 11 is 0. The van der Waals surface area contributed by atoms with Gasteiger partial charge in [0.2, 0.25) is 0 Å². The molecule has 0 atom stereocenters. The zero-order chi connectivity index (χ0) is 12.0. The van der Waals surface area contributed by atoms with E-state index in [1.165, 1.54) is 18.2 Å². The molecule has 0 aliphatic carbocycles. The molecule has 0 N–H and O–H groups in total. The second kappa shape index (κ2) is 5.86. The molecule has 1 aromatic carbocycles. The molecule has 0 fully saturated rings. The van der Waals surface area contributed by atoms with E-state index in [1.807, 2.05) is 0 Å². The highest BCUT2D eigenvalue weighted by Gasteiger charge is 2.13. The van der Waals surface area contributed by atoms with Gasteiger partial charge in [0.05, 0.1) is 12.0 Å². The molecule has 2 nitrogen and oxygen atoms in total. The highest BCUT2D eigenvalue weighted by molar-refractivity contribution is 6.00. The van der Waals surface area contributed by atoms with E-state index in [1.54, 1.807) is 13.0 Å². The third kappa shape index (κ3) is 3.35. The molecule has 0 spiro atoms. The van der Waals surface area contributed by atoms with Crippen LogP contribution in [0.5, 0.6) is 5.75 Å². The van der Waals surface area contributed by atoms with E-state index in [4.69, 9.17) is 0 Å². The Morgan fingerprint density at radius 1 is 1.44 bits per heavy atom. The van der Waals surface area contributed by atoms with Crippen molar-refractivity contribution >= 4 is 5.78 Å². The van der Waals surface area contributed by atoms with Gasteiger partial charge in [0.25, 0.3) is 0 Å². The van der Waals surface area contributed by atoms with Gasteiger partial charge < -0.3 is 4.74 Å². The third-order valence-corrected chi connectivity index (χ3v) is 1.83. The lowest BCUT2D eigenvalue weighted by Crippen LogP contribution is -2.07. The fourth-order valence-corrected chi connectivity index (χ4v) is 1.16. The molecule has 84 valence electrons. The first-order valence-electron chi connectivity index (χ1n) is 4.61. The lowest BCUT2D eigenvalue weighted by atomic mass is 10.1. The smallest absolute Gasteiger partial charge is 0.387 e. The first-order valence-corrected chi connectivity index (χ1v) is 4.61. The molecule has 16 heavy (non-hydrogen) atoms. The Morgan fingerprint density at radius 2 is 2.12 bits per heavy atom. The molecule has 0 heterocycles. The number of alkyl halides is 2. The topological polar surface area (TPSA) is 26.3 Å². The van der Waals surface area contributed by atoms with Gasteiger partial charge in [0, 0.05) is 0 Å². The van der Waals surface area contributed by atoms with E-state index in [0.717, 1.165) is 0 Å². The molecule has 4 heteroatoms. The molecule has 0 bridgehead atoms. The summed E-state index contributed by atoms with van der Waals surface area (Å²) in [5.41, 5.74) is 0.130. The van der Waals surface area contributed by atoms with Crippen LogP contribution in [0.1, 0.15) is 23.7 Å². The largest absolute Gasteiger partial charge is 0.434 e. The normalized spacial score (nSPS) is 9.50. The van der Waals surface area contributed by atoms with Crippen LogP contribution in [0, 0.1) is 11.8 Å². The number of ketones is 1. The van der Waals surface area contributed by atoms with Crippen molar-refractivity contribution in [3.05, 3.63) is 29.8 Å². The second-order valence-corrected chi connectivity index (χ2v) is 2.90. The maximum Gasteiger partial charge on any atom is 0.387 e. The van der Waals surface area contributed by atoms with E-state index < -0.39 is 6.61 Å². The first kappa shape index (κ1) is 12.2. The van der Waals surface area contributed by atoms with Crippen LogP contribution >= 0.6 is 0 Å². The Morgan fingerprint density at radius 3 is 2.75 bits per heavy atom. The van der Waals surface area contributed by atoms with Crippen LogP contribution in [-0.2, 0) is 0 Å². The minimum absolute atomic E-state index is 0.000111.